The summed E-state index contributed by atoms with van der Waals surface area (Å²) in [5.74, 6) is 0.574. The van der Waals surface area contributed by atoms with Crippen LogP contribution in [-0.4, -0.2) is 40.6 Å². The number of anilines is 1. The number of aryl methyl sites for hydroxylation is 1. The van der Waals surface area contributed by atoms with E-state index in [0.29, 0.717) is 17.3 Å². The molecule has 0 aliphatic carbocycles. The highest BCUT2D eigenvalue weighted by molar-refractivity contribution is 6.31. The van der Waals surface area contributed by atoms with E-state index in [2.05, 4.69) is 30.8 Å². The molecular weight excluding hydrogens is 504 g/mol. The first-order valence-electron chi connectivity index (χ1n) is 12.3. The van der Waals surface area contributed by atoms with Crippen molar-refractivity contribution < 1.29 is 4.79 Å². The zero-order valence-electron chi connectivity index (χ0n) is 20.0. The molecule has 2 aliphatic heterocycles. The summed E-state index contributed by atoms with van der Waals surface area (Å²) in [5, 5.41) is 14.9. The summed E-state index contributed by atoms with van der Waals surface area (Å²) in [4.78, 5) is 33.9. The smallest absolute Gasteiger partial charge is 0.252 e. The van der Waals surface area contributed by atoms with Gasteiger partial charge in [0.15, 0.2) is 0 Å². The molecule has 2 aliphatic rings. The van der Waals surface area contributed by atoms with Gasteiger partial charge < -0.3 is 14.9 Å². The van der Waals surface area contributed by atoms with E-state index in [1.165, 1.54) is 6.33 Å². The molecule has 5 aromatic rings. The molecule has 0 saturated carbocycles. The number of nitrogens with zero attached hydrogens (tertiary/aromatic N) is 6. The van der Waals surface area contributed by atoms with Crippen molar-refractivity contribution in [3.63, 3.8) is 0 Å². The van der Waals surface area contributed by atoms with Crippen molar-refractivity contribution in [2.75, 3.05) is 5.32 Å². The third-order valence-electron chi connectivity index (χ3n) is 7.30. The van der Waals surface area contributed by atoms with Gasteiger partial charge in [-0.2, -0.15) is 4.68 Å². The first kappa shape index (κ1) is 22.6. The fourth-order valence-electron chi connectivity index (χ4n) is 5.61. The number of carbonyl (C=O) groups is 1. The van der Waals surface area contributed by atoms with Crippen molar-refractivity contribution in [3.05, 3.63) is 105 Å². The van der Waals surface area contributed by atoms with Gasteiger partial charge in [0.25, 0.3) is 5.56 Å². The van der Waals surface area contributed by atoms with E-state index in [0.717, 1.165) is 52.3 Å². The average molecular weight is 525 g/mol. The van der Waals surface area contributed by atoms with Crippen molar-refractivity contribution in [1.29, 1.82) is 0 Å². The van der Waals surface area contributed by atoms with E-state index in [-0.39, 0.29) is 23.4 Å². The summed E-state index contributed by atoms with van der Waals surface area (Å²) in [7, 11) is 0. The molecule has 0 radical (unpaired) electrons. The first-order valence-corrected chi connectivity index (χ1v) is 12.7. The van der Waals surface area contributed by atoms with Crippen LogP contribution in [0.1, 0.15) is 47.6 Å². The Morgan fingerprint density at radius 3 is 2.82 bits per heavy atom. The number of hydrogen-bond acceptors (Lipinski definition) is 6. The van der Waals surface area contributed by atoms with E-state index >= 15 is 0 Å². The zero-order valence-corrected chi connectivity index (χ0v) is 20.8. The number of carbonyl (C=O) groups excluding carboxylic acids is 1. The van der Waals surface area contributed by atoms with E-state index in [4.69, 9.17) is 11.6 Å². The second kappa shape index (κ2) is 8.77. The molecular formula is C27H21ClN8O2. The lowest BCUT2D eigenvalue weighted by Gasteiger charge is -2.24. The summed E-state index contributed by atoms with van der Waals surface area (Å²) >= 11 is 6.31. The maximum Gasteiger partial charge on any atom is 0.252 e. The second-order valence-corrected chi connectivity index (χ2v) is 9.97. The molecule has 2 unspecified atom stereocenters. The van der Waals surface area contributed by atoms with Crippen LogP contribution in [-0.2, 0) is 11.2 Å². The van der Waals surface area contributed by atoms with Gasteiger partial charge in [-0.15, -0.1) is 5.10 Å². The van der Waals surface area contributed by atoms with Crippen LogP contribution in [0.2, 0.25) is 5.02 Å². The molecule has 0 spiro atoms. The second-order valence-electron chi connectivity index (χ2n) is 9.53. The van der Waals surface area contributed by atoms with Gasteiger partial charge in [-0.3, -0.25) is 9.59 Å². The van der Waals surface area contributed by atoms with Crippen LogP contribution in [0.4, 0.5) is 5.69 Å². The number of halogens is 1. The predicted molar refractivity (Wildman–Crippen MR) is 140 cm³/mol. The molecule has 10 nitrogen and oxygen atoms in total. The van der Waals surface area contributed by atoms with Crippen LogP contribution < -0.4 is 10.9 Å². The summed E-state index contributed by atoms with van der Waals surface area (Å²) in [5.41, 5.74) is 5.78. The quantitative estimate of drug-likeness (QED) is 0.368. The van der Waals surface area contributed by atoms with Crippen LogP contribution in [0.15, 0.2) is 71.9 Å². The Morgan fingerprint density at radius 1 is 1.05 bits per heavy atom. The number of hydrogen-bond donors (Lipinski definition) is 2. The highest BCUT2D eigenvalue weighted by atomic mass is 35.5. The van der Waals surface area contributed by atoms with E-state index in [1.54, 1.807) is 27.6 Å². The van der Waals surface area contributed by atoms with E-state index in [1.807, 2.05) is 42.5 Å². The highest BCUT2D eigenvalue weighted by Crippen LogP contribution is 2.38. The maximum atomic E-state index is 13.5. The van der Waals surface area contributed by atoms with Crippen LogP contribution in [0.3, 0.4) is 0 Å². The SMILES string of the molecule is O=C1CC(c2cnc(C3CCc4cc(-c5cc(Cl)ccc5-n5cnnn5)cc(=O)n43)[nH]2)c2ccccc2N1. The van der Waals surface area contributed by atoms with Crippen molar-refractivity contribution in [3.8, 4) is 16.8 Å². The van der Waals surface area contributed by atoms with Gasteiger partial charge >= 0.3 is 0 Å². The minimum atomic E-state index is -0.216. The van der Waals surface area contributed by atoms with Crippen molar-refractivity contribution in [1.82, 2.24) is 34.7 Å². The number of rotatable bonds is 4. The number of H-pyrrole nitrogens is 1. The maximum absolute atomic E-state index is 13.5. The van der Waals surface area contributed by atoms with Crippen LogP contribution in [0, 0.1) is 0 Å². The van der Waals surface area contributed by atoms with Crippen LogP contribution >= 0.6 is 11.6 Å². The number of fused-ring (bicyclic) bond motifs is 2. The lowest BCUT2D eigenvalue weighted by molar-refractivity contribution is -0.116. The van der Waals surface area contributed by atoms with Gasteiger partial charge in [0, 0.05) is 52.3 Å². The molecule has 0 bridgehead atoms. The Bertz CT molecular complexity index is 1760. The molecule has 188 valence electrons. The normalized spacial score (nSPS) is 18.2. The number of tetrazole rings is 1. The Labute approximate surface area is 221 Å². The summed E-state index contributed by atoms with van der Waals surface area (Å²) < 4.78 is 3.35. The van der Waals surface area contributed by atoms with Crippen LogP contribution in [0.5, 0.6) is 0 Å². The van der Waals surface area contributed by atoms with Crippen molar-refractivity contribution in [2.24, 2.45) is 0 Å². The molecule has 2 aromatic carbocycles. The molecule has 38 heavy (non-hydrogen) atoms. The molecule has 11 heteroatoms. The van der Waals surface area contributed by atoms with Gasteiger partial charge in [-0.1, -0.05) is 29.8 Å². The van der Waals surface area contributed by atoms with E-state index in [9.17, 15) is 9.59 Å². The average Bonchev–Trinajstić information content (AvgIpc) is 3.69. The summed E-state index contributed by atoms with van der Waals surface area (Å²) in [6, 6.07) is 16.6. The fraction of sp³-hybridized carbons (Fsp3) is 0.185. The largest absolute Gasteiger partial charge is 0.344 e. The molecule has 0 saturated heterocycles. The number of amides is 1. The Kier molecular flexibility index (Phi) is 5.22. The first-order chi connectivity index (χ1) is 18.5. The van der Waals surface area contributed by atoms with Gasteiger partial charge in [-0.25, -0.2) is 4.98 Å². The number of aromatic amines is 1. The number of para-hydroxylation sites is 1. The molecule has 2 atom stereocenters. The summed E-state index contributed by atoms with van der Waals surface area (Å²) in [6.07, 6.45) is 5.09. The number of benzene rings is 2. The monoisotopic (exact) mass is 524 g/mol. The molecule has 3 aromatic heterocycles. The number of nitrogens with one attached hydrogen (secondary N) is 2. The highest BCUT2D eigenvalue weighted by Gasteiger charge is 2.31. The number of imidazole rings is 1. The lowest BCUT2D eigenvalue weighted by atomic mass is 9.88. The van der Waals surface area contributed by atoms with Crippen molar-refractivity contribution >= 4 is 23.2 Å². The number of aromatic nitrogens is 7. The summed E-state index contributed by atoms with van der Waals surface area (Å²) in [6.45, 7) is 0. The predicted octanol–water partition coefficient (Wildman–Crippen LogP) is 3.88. The van der Waals surface area contributed by atoms with Crippen molar-refractivity contribution in [2.45, 2.75) is 31.2 Å². The molecule has 2 N–H and O–H groups in total. The van der Waals surface area contributed by atoms with Crippen LogP contribution in [0.25, 0.3) is 16.8 Å². The molecule has 7 rings (SSSR count). The van der Waals surface area contributed by atoms with Gasteiger partial charge in [0.1, 0.15) is 12.2 Å². The Balaban J connectivity index is 1.25. The minimum absolute atomic E-state index is 0.0260. The minimum Gasteiger partial charge on any atom is -0.344 e. The Hall–Kier alpha value is -4.57. The standard InChI is InChI=1S/C27H21ClN8O2/c28-16-5-7-23(35-14-30-33-34-35)19(11-16)15-9-17-6-8-24(36(17)26(38)10-15)27-29-13-22(32-27)20-12-25(37)31-21-4-2-1-3-18(20)21/h1-5,7,9-11,13-14,20,24H,6,8,12H2,(H,29,32)(H,31,37). The molecule has 5 heterocycles. The number of pyridine rings is 1. The third kappa shape index (κ3) is 3.72. The zero-order chi connectivity index (χ0) is 25.8. The lowest BCUT2D eigenvalue weighted by Crippen LogP contribution is -2.24. The topological polar surface area (TPSA) is 123 Å². The van der Waals surface area contributed by atoms with Gasteiger partial charge in [0.2, 0.25) is 5.91 Å². The van der Waals surface area contributed by atoms with Gasteiger partial charge in [0.05, 0.1) is 11.7 Å². The molecule has 1 amide bonds. The Morgan fingerprint density at radius 2 is 1.95 bits per heavy atom. The molecule has 0 fully saturated rings. The third-order valence-corrected chi connectivity index (χ3v) is 7.54. The fourth-order valence-corrected chi connectivity index (χ4v) is 5.78. The van der Waals surface area contributed by atoms with E-state index < -0.39 is 0 Å². The van der Waals surface area contributed by atoms with Gasteiger partial charge in [-0.05, 0) is 64.7 Å².